The molecule has 1 aromatic carbocycles. The average molecular weight is 365 g/mol. The Kier molecular flexibility index (Phi) is 4.38. The normalized spacial score (nSPS) is 11.6. The van der Waals surface area contributed by atoms with E-state index in [1.165, 1.54) is 35.6 Å². The highest BCUT2D eigenvalue weighted by atomic mass is 32.1. The Balaban J connectivity index is 2.03. The molecule has 8 heteroatoms. The summed E-state index contributed by atoms with van der Waals surface area (Å²) in [6.07, 6.45) is -4.53. The van der Waals surface area contributed by atoms with Crippen LogP contribution in [0.3, 0.4) is 0 Å². The highest BCUT2D eigenvalue weighted by Crippen LogP contribution is 2.34. The number of para-hydroxylation sites is 1. The molecule has 4 nitrogen and oxygen atoms in total. The first-order valence-corrected chi connectivity index (χ1v) is 8.24. The first kappa shape index (κ1) is 17.2. The number of amides is 1. The van der Waals surface area contributed by atoms with E-state index in [9.17, 15) is 18.0 Å². The van der Waals surface area contributed by atoms with Crippen LogP contribution >= 0.6 is 11.3 Å². The van der Waals surface area contributed by atoms with Crippen molar-refractivity contribution >= 4 is 23.1 Å². The van der Waals surface area contributed by atoms with Crippen LogP contribution in [0.15, 0.2) is 41.8 Å². The summed E-state index contributed by atoms with van der Waals surface area (Å²) in [5, 5.41) is 8.56. The van der Waals surface area contributed by atoms with E-state index >= 15 is 0 Å². The zero-order valence-corrected chi connectivity index (χ0v) is 14.2. The fraction of sp³-hybridized carbons (Fsp3) is 0.176. The molecule has 0 unspecified atom stereocenters. The van der Waals surface area contributed by atoms with Crippen LogP contribution in [-0.2, 0) is 6.18 Å². The zero-order valence-electron chi connectivity index (χ0n) is 13.4. The Morgan fingerprint density at radius 3 is 2.56 bits per heavy atom. The van der Waals surface area contributed by atoms with Gasteiger partial charge in [-0.2, -0.15) is 18.3 Å². The lowest BCUT2D eigenvalue weighted by atomic mass is 10.1. The monoisotopic (exact) mass is 365 g/mol. The number of aromatic nitrogens is 2. The van der Waals surface area contributed by atoms with Gasteiger partial charge in [0.2, 0.25) is 0 Å². The number of hydrogen-bond donors (Lipinski definition) is 1. The number of alkyl halides is 3. The molecule has 1 amide bonds. The van der Waals surface area contributed by atoms with Crippen LogP contribution in [0.25, 0.3) is 5.69 Å². The molecule has 0 bridgehead atoms. The fourth-order valence-corrected chi connectivity index (χ4v) is 3.27. The van der Waals surface area contributed by atoms with Crippen molar-refractivity contribution in [2.24, 2.45) is 0 Å². The maximum atomic E-state index is 13.3. The fourth-order valence-electron chi connectivity index (χ4n) is 2.45. The Labute approximate surface area is 145 Å². The minimum Gasteiger partial charge on any atom is -0.306 e. The van der Waals surface area contributed by atoms with Gasteiger partial charge in [-0.05, 0) is 43.0 Å². The molecule has 0 aliphatic carbocycles. The number of halogens is 3. The number of hydrogen-bond acceptors (Lipinski definition) is 3. The van der Waals surface area contributed by atoms with Crippen molar-refractivity contribution in [1.82, 2.24) is 9.78 Å². The van der Waals surface area contributed by atoms with Crippen LogP contribution in [0, 0.1) is 13.8 Å². The second-order valence-corrected chi connectivity index (χ2v) is 6.40. The Bertz CT molecular complexity index is 927. The lowest BCUT2D eigenvalue weighted by molar-refractivity contribution is -0.137. The van der Waals surface area contributed by atoms with Crippen LogP contribution in [-0.4, -0.2) is 15.7 Å². The number of thiophene rings is 1. The molecule has 0 atom stereocenters. The molecule has 0 radical (unpaired) electrons. The molecule has 130 valence electrons. The van der Waals surface area contributed by atoms with Crippen LogP contribution in [0.2, 0.25) is 0 Å². The minimum absolute atomic E-state index is 0.138. The Morgan fingerprint density at radius 2 is 1.92 bits per heavy atom. The van der Waals surface area contributed by atoms with E-state index in [4.69, 9.17) is 0 Å². The van der Waals surface area contributed by atoms with Gasteiger partial charge in [0, 0.05) is 6.07 Å². The van der Waals surface area contributed by atoms with Crippen molar-refractivity contribution in [2.75, 3.05) is 5.32 Å². The van der Waals surface area contributed by atoms with Crippen LogP contribution in [0.5, 0.6) is 0 Å². The molecule has 0 saturated carbocycles. The lowest BCUT2D eigenvalue weighted by Crippen LogP contribution is -2.17. The molecule has 2 aromatic heterocycles. The predicted octanol–water partition coefficient (Wildman–Crippen LogP) is 4.82. The van der Waals surface area contributed by atoms with Gasteiger partial charge in [0.1, 0.15) is 5.82 Å². The average Bonchev–Trinajstić information content (AvgIpc) is 3.12. The molecule has 25 heavy (non-hydrogen) atoms. The number of nitrogens with one attached hydrogen (secondary N) is 1. The van der Waals surface area contributed by atoms with E-state index in [1.54, 1.807) is 25.3 Å². The second-order valence-electron chi connectivity index (χ2n) is 5.48. The van der Waals surface area contributed by atoms with E-state index in [0.717, 1.165) is 16.3 Å². The SMILES string of the molecule is Cc1cc(NC(=O)c2sccc2C)n(-c2ccccc2C(F)(F)F)n1. The lowest BCUT2D eigenvalue weighted by Gasteiger charge is -2.15. The van der Waals surface area contributed by atoms with Crippen molar-refractivity contribution in [1.29, 1.82) is 0 Å². The quantitative estimate of drug-likeness (QED) is 0.723. The number of rotatable bonds is 3. The largest absolute Gasteiger partial charge is 0.418 e. The van der Waals surface area contributed by atoms with Crippen molar-refractivity contribution in [3.63, 3.8) is 0 Å². The van der Waals surface area contributed by atoms with Crippen LogP contribution in [0.4, 0.5) is 19.0 Å². The van der Waals surface area contributed by atoms with Crippen molar-refractivity contribution in [3.8, 4) is 5.69 Å². The number of carbonyl (C=O) groups is 1. The van der Waals surface area contributed by atoms with Gasteiger partial charge < -0.3 is 5.32 Å². The summed E-state index contributed by atoms with van der Waals surface area (Å²) < 4.78 is 41.0. The second kappa shape index (κ2) is 6.36. The van der Waals surface area contributed by atoms with Gasteiger partial charge in [0.15, 0.2) is 0 Å². The van der Waals surface area contributed by atoms with E-state index in [0.29, 0.717) is 10.6 Å². The molecular weight excluding hydrogens is 351 g/mol. The standard InChI is InChI=1S/C17H14F3N3OS/c1-10-7-8-25-15(10)16(24)21-14-9-11(2)22-23(14)13-6-4-3-5-12(13)17(18,19)20/h3-9H,1-2H3,(H,21,24). The van der Waals surface area contributed by atoms with Crippen LogP contribution < -0.4 is 5.32 Å². The van der Waals surface area contributed by atoms with Crippen molar-refractivity contribution in [2.45, 2.75) is 20.0 Å². The maximum absolute atomic E-state index is 13.3. The summed E-state index contributed by atoms with van der Waals surface area (Å²) in [5.74, 6) is -0.190. The number of anilines is 1. The molecule has 3 aromatic rings. The third-order valence-electron chi connectivity index (χ3n) is 3.58. The number of carbonyl (C=O) groups excluding carboxylic acids is 1. The first-order chi connectivity index (χ1) is 11.8. The van der Waals surface area contributed by atoms with Gasteiger partial charge in [-0.1, -0.05) is 12.1 Å². The van der Waals surface area contributed by atoms with Gasteiger partial charge in [0.25, 0.3) is 5.91 Å². The van der Waals surface area contributed by atoms with Crippen molar-refractivity contribution in [3.05, 3.63) is 63.5 Å². The van der Waals surface area contributed by atoms with Gasteiger partial charge in [-0.3, -0.25) is 4.79 Å². The van der Waals surface area contributed by atoms with Gasteiger partial charge in [-0.25, -0.2) is 4.68 Å². The molecule has 3 rings (SSSR count). The molecule has 0 spiro atoms. The third-order valence-corrected chi connectivity index (χ3v) is 4.59. The molecule has 0 aliphatic rings. The van der Waals surface area contributed by atoms with Gasteiger partial charge in [-0.15, -0.1) is 11.3 Å². The maximum Gasteiger partial charge on any atom is 0.418 e. The minimum atomic E-state index is -4.53. The van der Waals surface area contributed by atoms with E-state index in [2.05, 4.69) is 10.4 Å². The van der Waals surface area contributed by atoms with E-state index < -0.39 is 11.7 Å². The smallest absolute Gasteiger partial charge is 0.306 e. The highest BCUT2D eigenvalue weighted by Gasteiger charge is 2.34. The van der Waals surface area contributed by atoms with Crippen LogP contribution in [0.1, 0.15) is 26.5 Å². The molecule has 0 fully saturated rings. The summed E-state index contributed by atoms with van der Waals surface area (Å²) in [7, 11) is 0. The topological polar surface area (TPSA) is 46.9 Å². The van der Waals surface area contributed by atoms with Crippen molar-refractivity contribution < 1.29 is 18.0 Å². The molecule has 2 heterocycles. The van der Waals surface area contributed by atoms with Gasteiger partial charge in [0.05, 0.1) is 21.8 Å². The van der Waals surface area contributed by atoms with E-state index in [1.807, 2.05) is 0 Å². The number of aryl methyl sites for hydroxylation is 2. The predicted molar refractivity (Wildman–Crippen MR) is 90.3 cm³/mol. The molecule has 1 N–H and O–H groups in total. The third kappa shape index (κ3) is 3.43. The Hall–Kier alpha value is -2.61. The number of benzene rings is 1. The molecular formula is C17H14F3N3OS. The summed E-state index contributed by atoms with van der Waals surface area (Å²) in [5.41, 5.74) is 0.346. The first-order valence-electron chi connectivity index (χ1n) is 7.36. The Morgan fingerprint density at radius 1 is 1.20 bits per heavy atom. The summed E-state index contributed by atoms with van der Waals surface area (Å²) in [4.78, 5) is 12.9. The summed E-state index contributed by atoms with van der Waals surface area (Å²) in [6, 6.07) is 8.46. The van der Waals surface area contributed by atoms with E-state index in [-0.39, 0.29) is 17.4 Å². The summed E-state index contributed by atoms with van der Waals surface area (Å²) in [6.45, 7) is 3.45. The summed E-state index contributed by atoms with van der Waals surface area (Å²) >= 11 is 1.27. The molecule has 0 aliphatic heterocycles. The molecule has 0 saturated heterocycles. The zero-order chi connectivity index (χ0) is 18.2. The van der Waals surface area contributed by atoms with Gasteiger partial charge >= 0.3 is 6.18 Å². The highest BCUT2D eigenvalue weighted by molar-refractivity contribution is 7.12. The number of nitrogens with zero attached hydrogens (tertiary/aromatic N) is 2.